The molecule has 4 heterocycles. The molecule has 0 bridgehead atoms. The van der Waals surface area contributed by atoms with Crippen LogP contribution in [-0.2, 0) is 4.79 Å². The number of thioether (sulfide) groups is 1. The van der Waals surface area contributed by atoms with Gasteiger partial charge in [0.15, 0.2) is 28.2 Å². The van der Waals surface area contributed by atoms with E-state index >= 15 is 0 Å². The summed E-state index contributed by atoms with van der Waals surface area (Å²) in [7, 11) is 0. The predicted octanol–water partition coefficient (Wildman–Crippen LogP) is 3.56. The van der Waals surface area contributed by atoms with E-state index in [9.17, 15) is 4.79 Å². The van der Waals surface area contributed by atoms with Crippen molar-refractivity contribution in [1.29, 1.82) is 0 Å². The van der Waals surface area contributed by atoms with Crippen LogP contribution in [0.15, 0.2) is 70.6 Å². The Bertz CT molecular complexity index is 1460. The summed E-state index contributed by atoms with van der Waals surface area (Å²) < 4.78 is 1.79. The first-order chi connectivity index (χ1) is 16.7. The number of amidine groups is 2. The molecule has 4 aromatic rings. The number of fused-ring (bicyclic) bond motifs is 4. The van der Waals surface area contributed by atoms with Crippen LogP contribution in [0, 0.1) is 6.92 Å². The number of benzene rings is 2. The minimum Gasteiger partial charge on any atom is -0.325 e. The van der Waals surface area contributed by atoms with Gasteiger partial charge in [-0.15, -0.1) is 0 Å². The van der Waals surface area contributed by atoms with Crippen molar-refractivity contribution in [2.45, 2.75) is 6.92 Å². The lowest BCUT2D eigenvalue weighted by atomic mass is 10.3. The van der Waals surface area contributed by atoms with Gasteiger partial charge in [0, 0.05) is 12.2 Å². The number of hydrogen-bond acceptors (Lipinski definition) is 8. The molecule has 2 aliphatic rings. The fourth-order valence-corrected chi connectivity index (χ4v) is 4.79. The summed E-state index contributed by atoms with van der Waals surface area (Å²) in [6.07, 6.45) is 0. The van der Waals surface area contributed by atoms with Crippen LogP contribution in [0.4, 0.5) is 11.5 Å². The van der Waals surface area contributed by atoms with Crippen LogP contribution in [0.5, 0.6) is 0 Å². The summed E-state index contributed by atoms with van der Waals surface area (Å²) in [4.78, 5) is 33.7. The van der Waals surface area contributed by atoms with Gasteiger partial charge in [-0.1, -0.05) is 48.2 Å². The second kappa shape index (κ2) is 8.38. The lowest BCUT2D eigenvalue weighted by molar-refractivity contribution is -0.113. The molecule has 6 rings (SSSR count). The third-order valence-corrected chi connectivity index (χ3v) is 6.50. The zero-order valence-electron chi connectivity index (χ0n) is 18.3. The van der Waals surface area contributed by atoms with E-state index in [1.807, 2.05) is 72.5 Å². The van der Waals surface area contributed by atoms with E-state index in [4.69, 9.17) is 15.0 Å². The van der Waals surface area contributed by atoms with E-state index in [-0.39, 0.29) is 11.7 Å². The average Bonchev–Trinajstić information content (AvgIpc) is 3.48. The summed E-state index contributed by atoms with van der Waals surface area (Å²) in [6.45, 7) is 3.27. The summed E-state index contributed by atoms with van der Waals surface area (Å²) in [5.74, 6) is 1.37. The van der Waals surface area contributed by atoms with E-state index in [0.717, 1.165) is 28.4 Å². The zero-order valence-corrected chi connectivity index (χ0v) is 19.2. The van der Waals surface area contributed by atoms with Gasteiger partial charge in [0.1, 0.15) is 5.52 Å². The molecule has 0 radical (unpaired) electrons. The molecule has 1 amide bonds. The number of rotatable bonds is 4. The topological polar surface area (TPSA) is 101 Å². The smallest absolute Gasteiger partial charge is 0.234 e. The Kier molecular flexibility index (Phi) is 5.06. The van der Waals surface area contributed by atoms with Crippen molar-refractivity contribution in [1.82, 2.24) is 24.6 Å². The average molecular weight is 469 g/mol. The summed E-state index contributed by atoms with van der Waals surface area (Å²) in [6, 6.07) is 19.3. The Hall–Kier alpha value is -4.05. The third kappa shape index (κ3) is 3.61. The lowest BCUT2D eigenvalue weighted by Crippen LogP contribution is -2.37. The molecule has 0 spiro atoms. The Morgan fingerprint density at radius 3 is 2.62 bits per heavy atom. The molecule has 0 saturated carbocycles. The minimum absolute atomic E-state index is 0.0957. The third-order valence-electron chi connectivity index (χ3n) is 5.53. The Morgan fingerprint density at radius 2 is 1.82 bits per heavy atom. The first kappa shape index (κ1) is 20.5. The molecule has 34 heavy (non-hydrogen) atoms. The molecule has 1 N–H and O–H groups in total. The first-order valence-electron chi connectivity index (χ1n) is 10.9. The van der Waals surface area contributed by atoms with Crippen LogP contribution in [0.2, 0.25) is 0 Å². The number of aliphatic imine (C=N–C) groups is 2. The second-order valence-electron chi connectivity index (χ2n) is 7.86. The van der Waals surface area contributed by atoms with Crippen molar-refractivity contribution in [2.75, 3.05) is 24.2 Å². The number of nitrogens with zero attached hydrogens (tertiary/aromatic N) is 7. The molecular weight excluding hydrogens is 448 g/mol. The number of carbonyl (C=O) groups excluding carboxylic acids is 1. The van der Waals surface area contributed by atoms with E-state index in [1.165, 1.54) is 11.8 Å². The molecule has 0 unspecified atom stereocenters. The van der Waals surface area contributed by atoms with Gasteiger partial charge in [-0.2, -0.15) is 5.10 Å². The molecule has 2 aromatic carbocycles. The van der Waals surface area contributed by atoms with Gasteiger partial charge in [-0.05, 0) is 31.2 Å². The molecule has 2 aromatic heterocycles. The van der Waals surface area contributed by atoms with Gasteiger partial charge in [-0.25, -0.2) is 19.6 Å². The van der Waals surface area contributed by atoms with Gasteiger partial charge in [0.2, 0.25) is 5.91 Å². The van der Waals surface area contributed by atoms with Gasteiger partial charge < -0.3 is 10.2 Å². The number of amides is 1. The Balaban J connectivity index is 1.34. The number of hydrogen-bond donors (Lipinski definition) is 1. The van der Waals surface area contributed by atoms with Crippen LogP contribution < -0.4 is 5.32 Å². The minimum atomic E-state index is -0.0957. The summed E-state index contributed by atoms with van der Waals surface area (Å²) in [5, 5.41) is 8.27. The van der Waals surface area contributed by atoms with Crippen LogP contribution in [0.1, 0.15) is 11.4 Å². The van der Waals surface area contributed by atoms with E-state index in [0.29, 0.717) is 35.4 Å². The SMILES string of the molecule is Cc1nn(-c2ccccc2)c2nc3c(nc12)C1=NCCN1C(SCC(=O)Nc1ccccc1)=N3. The van der Waals surface area contributed by atoms with Crippen molar-refractivity contribution >= 4 is 51.3 Å². The van der Waals surface area contributed by atoms with Gasteiger partial charge in [-0.3, -0.25) is 9.79 Å². The van der Waals surface area contributed by atoms with Crippen molar-refractivity contribution in [3.05, 3.63) is 72.1 Å². The number of aromatic nitrogens is 4. The number of carbonyl (C=O) groups is 1. The highest BCUT2D eigenvalue weighted by Crippen LogP contribution is 2.32. The maximum atomic E-state index is 12.5. The van der Waals surface area contributed by atoms with Crippen molar-refractivity contribution in [3.8, 4) is 5.69 Å². The molecule has 168 valence electrons. The second-order valence-corrected chi connectivity index (χ2v) is 8.80. The van der Waals surface area contributed by atoms with E-state index < -0.39 is 0 Å². The fourth-order valence-electron chi connectivity index (χ4n) is 3.98. The zero-order chi connectivity index (χ0) is 23.1. The van der Waals surface area contributed by atoms with Crippen molar-refractivity contribution < 1.29 is 4.79 Å². The van der Waals surface area contributed by atoms with Crippen LogP contribution in [0.25, 0.3) is 16.9 Å². The molecule has 0 aliphatic carbocycles. The largest absolute Gasteiger partial charge is 0.325 e. The number of anilines is 1. The number of para-hydroxylation sites is 2. The number of aryl methyl sites for hydroxylation is 1. The monoisotopic (exact) mass is 468 g/mol. The first-order valence-corrected chi connectivity index (χ1v) is 11.9. The van der Waals surface area contributed by atoms with Crippen LogP contribution in [-0.4, -0.2) is 60.4 Å². The molecule has 0 atom stereocenters. The maximum absolute atomic E-state index is 12.5. The quantitative estimate of drug-likeness (QED) is 0.492. The lowest BCUT2D eigenvalue weighted by Gasteiger charge is -2.25. The van der Waals surface area contributed by atoms with Gasteiger partial charge in [0.25, 0.3) is 0 Å². The van der Waals surface area contributed by atoms with Crippen molar-refractivity contribution in [3.63, 3.8) is 0 Å². The van der Waals surface area contributed by atoms with Gasteiger partial charge >= 0.3 is 0 Å². The van der Waals surface area contributed by atoms with Crippen LogP contribution in [0.3, 0.4) is 0 Å². The summed E-state index contributed by atoms with van der Waals surface area (Å²) >= 11 is 1.37. The Labute approximate surface area is 199 Å². The molecule has 10 heteroatoms. The Morgan fingerprint density at radius 1 is 1.06 bits per heavy atom. The van der Waals surface area contributed by atoms with E-state index in [2.05, 4.69) is 15.4 Å². The van der Waals surface area contributed by atoms with E-state index in [1.54, 1.807) is 4.68 Å². The predicted molar refractivity (Wildman–Crippen MR) is 134 cm³/mol. The molecule has 9 nitrogen and oxygen atoms in total. The highest BCUT2D eigenvalue weighted by atomic mass is 32.2. The van der Waals surface area contributed by atoms with Crippen molar-refractivity contribution in [2.24, 2.45) is 9.98 Å². The normalized spacial score (nSPS) is 14.4. The molecule has 0 fully saturated rings. The fraction of sp³-hybridized carbons (Fsp3) is 0.167. The molecular formula is C24H20N8OS. The number of nitrogens with one attached hydrogen (secondary N) is 1. The molecule has 2 aliphatic heterocycles. The van der Waals surface area contributed by atoms with Crippen LogP contribution >= 0.6 is 11.8 Å². The van der Waals surface area contributed by atoms with Gasteiger partial charge in [0.05, 0.1) is 23.7 Å². The molecule has 0 saturated heterocycles. The standard InChI is InChI=1S/C24H20N8OS/c1-15-19-23(32(30-15)17-10-6-3-7-11-17)28-21-20(27-19)22-25-12-13-31(22)24(29-21)34-14-18(33)26-16-8-4-2-5-9-16/h2-11H,12-14H2,1H3,(H,26,33). The highest BCUT2D eigenvalue weighted by Gasteiger charge is 2.33. The highest BCUT2D eigenvalue weighted by molar-refractivity contribution is 8.14. The summed E-state index contributed by atoms with van der Waals surface area (Å²) in [5.41, 5.74) is 4.49. The maximum Gasteiger partial charge on any atom is 0.234 e.